The molecule has 25 heavy (non-hydrogen) atoms. The monoisotopic (exact) mass is 337 g/mol. The van der Waals surface area contributed by atoms with Crippen molar-refractivity contribution in [2.75, 3.05) is 31.6 Å². The number of fused-ring (bicyclic) bond motifs is 1. The number of piperazine rings is 1. The first-order valence-electron chi connectivity index (χ1n) is 8.40. The first-order valence-corrected chi connectivity index (χ1v) is 8.40. The molecule has 0 N–H and O–H groups in total. The highest BCUT2D eigenvalue weighted by atomic mass is 19.1. The number of likely N-dealkylation sites (N-methyl/N-ethyl adjacent to an activating group) is 1. The second-order valence-electron chi connectivity index (χ2n) is 6.57. The quantitative estimate of drug-likeness (QED) is 0.717. The summed E-state index contributed by atoms with van der Waals surface area (Å²) in [7, 11) is 1.83. The number of anilines is 1. The molecule has 1 saturated heterocycles. The van der Waals surface area contributed by atoms with Crippen molar-refractivity contribution in [2.45, 2.75) is 6.92 Å². The lowest BCUT2D eigenvalue weighted by atomic mass is 10.1. The number of carbonyl (C=O) groups is 1. The first-order chi connectivity index (χ1) is 12.0. The number of rotatable bonds is 2. The lowest BCUT2D eigenvalue weighted by molar-refractivity contribution is -0.129. The molecular formula is C20H20FN3O. The number of carbonyl (C=O) groups excluding carboxylic acids is 1. The topological polar surface area (TPSA) is 28.5 Å². The van der Waals surface area contributed by atoms with Crippen molar-refractivity contribution >= 4 is 22.5 Å². The van der Waals surface area contributed by atoms with Gasteiger partial charge >= 0.3 is 0 Å². The van der Waals surface area contributed by atoms with E-state index in [9.17, 15) is 9.18 Å². The van der Waals surface area contributed by atoms with E-state index in [1.54, 1.807) is 11.0 Å². The summed E-state index contributed by atoms with van der Waals surface area (Å²) in [6.07, 6.45) is 1.90. The molecule has 0 spiro atoms. The zero-order valence-corrected chi connectivity index (χ0v) is 14.4. The van der Waals surface area contributed by atoms with Crippen molar-refractivity contribution < 1.29 is 9.18 Å². The average molecular weight is 337 g/mol. The van der Waals surface area contributed by atoms with Crippen LogP contribution in [0.2, 0.25) is 0 Å². The summed E-state index contributed by atoms with van der Waals surface area (Å²) in [4.78, 5) is 15.8. The number of aromatic nitrogens is 1. The van der Waals surface area contributed by atoms with Crippen molar-refractivity contribution in [1.29, 1.82) is 0 Å². The van der Waals surface area contributed by atoms with Gasteiger partial charge in [-0.15, -0.1) is 0 Å². The van der Waals surface area contributed by atoms with Gasteiger partial charge in [-0.1, -0.05) is 12.1 Å². The highest BCUT2D eigenvalue weighted by molar-refractivity contribution is 5.86. The standard InChI is InChI=1S/C20H20FN3O/c1-14-6-7-18(21)17-8-9-24(20(14)17)16-5-3-4-15(12-16)23-11-10-22(2)19(25)13-23/h3-9,12H,10-11,13H2,1-2H3. The smallest absolute Gasteiger partial charge is 0.241 e. The van der Waals surface area contributed by atoms with Crippen LogP contribution in [0.25, 0.3) is 16.6 Å². The van der Waals surface area contributed by atoms with Crippen LogP contribution in [0.1, 0.15) is 5.56 Å². The molecule has 0 bridgehead atoms. The van der Waals surface area contributed by atoms with Gasteiger partial charge < -0.3 is 14.4 Å². The summed E-state index contributed by atoms with van der Waals surface area (Å²) in [6, 6.07) is 13.2. The Morgan fingerprint density at radius 2 is 1.84 bits per heavy atom. The first kappa shape index (κ1) is 15.7. The van der Waals surface area contributed by atoms with E-state index in [2.05, 4.69) is 11.0 Å². The summed E-state index contributed by atoms with van der Waals surface area (Å²) in [6.45, 7) is 3.91. The van der Waals surface area contributed by atoms with Gasteiger partial charge in [0.15, 0.2) is 0 Å². The fourth-order valence-corrected chi connectivity index (χ4v) is 3.43. The van der Waals surface area contributed by atoms with E-state index < -0.39 is 0 Å². The summed E-state index contributed by atoms with van der Waals surface area (Å²) in [5.41, 5.74) is 3.88. The van der Waals surface area contributed by atoms with E-state index in [0.29, 0.717) is 11.9 Å². The third-order valence-corrected chi connectivity index (χ3v) is 4.93. The molecule has 5 heteroatoms. The van der Waals surface area contributed by atoms with Crippen LogP contribution in [0, 0.1) is 12.7 Å². The van der Waals surface area contributed by atoms with Crippen molar-refractivity contribution in [2.24, 2.45) is 0 Å². The fraction of sp³-hybridized carbons (Fsp3) is 0.250. The van der Waals surface area contributed by atoms with E-state index in [1.807, 2.05) is 49.0 Å². The molecule has 4 nitrogen and oxygen atoms in total. The van der Waals surface area contributed by atoms with Gasteiger partial charge in [-0.25, -0.2) is 4.39 Å². The minimum atomic E-state index is -0.208. The number of halogens is 1. The third kappa shape index (κ3) is 2.65. The van der Waals surface area contributed by atoms with E-state index in [4.69, 9.17) is 0 Å². The number of nitrogens with zero attached hydrogens (tertiary/aromatic N) is 3. The van der Waals surface area contributed by atoms with Crippen LogP contribution in [0.15, 0.2) is 48.7 Å². The van der Waals surface area contributed by atoms with Gasteiger partial charge in [0, 0.05) is 43.1 Å². The highest BCUT2D eigenvalue weighted by Crippen LogP contribution is 2.28. The molecule has 2 heterocycles. The molecular weight excluding hydrogens is 317 g/mol. The van der Waals surface area contributed by atoms with Crippen LogP contribution in [0.5, 0.6) is 0 Å². The van der Waals surface area contributed by atoms with Gasteiger partial charge in [-0.05, 0) is 42.8 Å². The SMILES string of the molecule is Cc1ccc(F)c2ccn(-c3cccc(N4CCN(C)C(=O)C4)c3)c12. The largest absolute Gasteiger partial charge is 0.360 e. The predicted molar refractivity (Wildman–Crippen MR) is 97.8 cm³/mol. The molecule has 1 fully saturated rings. The molecule has 4 rings (SSSR count). The minimum absolute atomic E-state index is 0.126. The number of amides is 1. The molecule has 1 amide bonds. The van der Waals surface area contributed by atoms with Crippen LogP contribution in [-0.2, 0) is 4.79 Å². The molecule has 0 radical (unpaired) electrons. The molecule has 0 unspecified atom stereocenters. The Bertz CT molecular complexity index is 963. The Kier molecular flexibility index (Phi) is 3.71. The van der Waals surface area contributed by atoms with Gasteiger partial charge in [0.05, 0.1) is 12.1 Å². The molecule has 1 aliphatic rings. The van der Waals surface area contributed by atoms with Gasteiger partial charge in [-0.3, -0.25) is 4.79 Å². The molecule has 1 aromatic heterocycles. The molecule has 128 valence electrons. The fourth-order valence-electron chi connectivity index (χ4n) is 3.43. The van der Waals surface area contributed by atoms with Crippen molar-refractivity contribution in [3.8, 4) is 5.69 Å². The maximum atomic E-state index is 14.1. The molecule has 1 aliphatic heterocycles. The summed E-state index contributed by atoms with van der Waals surface area (Å²) < 4.78 is 16.1. The Morgan fingerprint density at radius 3 is 2.64 bits per heavy atom. The Morgan fingerprint density at radius 1 is 1.04 bits per heavy atom. The Hall–Kier alpha value is -2.82. The van der Waals surface area contributed by atoms with E-state index >= 15 is 0 Å². The van der Waals surface area contributed by atoms with E-state index in [1.165, 1.54) is 6.07 Å². The third-order valence-electron chi connectivity index (χ3n) is 4.93. The Balaban J connectivity index is 1.76. The van der Waals surface area contributed by atoms with Crippen molar-refractivity contribution in [3.05, 3.63) is 60.0 Å². The number of hydrogen-bond acceptors (Lipinski definition) is 2. The molecule has 0 atom stereocenters. The molecule has 0 aliphatic carbocycles. The zero-order valence-electron chi connectivity index (χ0n) is 14.4. The summed E-state index contributed by atoms with van der Waals surface area (Å²) in [5.74, 6) is -0.0823. The second-order valence-corrected chi connectivity index (χ2v) is 6.57. The number of aryl methyl sites for hydroxylation is 1. The minimum Gasteiger partial charge on any atom is -0.360 e. The van der Waals surface area contributed by atoms with Crippen LogP contribution >= 0.6 is 0 Å². The van der Waals surface area contributed by atoms with Crippen LogP contribution in [0.4, 0.5) is 10.1 Å². The normalized spacial score (nSPS) is 15.2. The van der Waals surface area contributed by atoms with E-state index in [0.717, 1.165) is 35.5 Å². The van der Waals surface area contributed by atoms with Crippen LogP contribution in [-0.4, -0.2) is 42.1 Å². The van der Waals surface area contributed by atoms with Crippen molar-refractivity contribution in [3.63, 3.8) is 0 Å². The van der Waals surface area contributed by atoms with Crippen molar-refractivity contribution in [1.82, 2.24) is 9.47 Å². The Labute approximate surface area is 146 Å². The van der Waals surface area contributed by atoms with Crippen LogP contribution in [0.3, 0.4) is 0 Å². The predicted octanol–water partition coefficient (Wildman–Crippen LogP) is 3.36. The number of hydrogen-bond donors (Lipinski definition) is 0. The highest BCUT2D eigenvalue weighted by Gasteiger charge is 2.21. The zero-order chi connectivity index (χ0) is 17.6. The number of benzene rings is 2. The van der Waals surface area contributed by atoms with Crippen LogP contribution < -0.4 is 4.90 Å². The maximum Gasteiger partial charge on any atom is 0.241 e. The summed E-state index contributed by atoms with van der Waals surface area (Å²) in [5, 5.41) is 0.625. The maximum absolute atomic E-state index is 14.1. The summed E-state index contributed by atoms with van der Waals surface area (Å²) >= 11 is 0. The lowest BCUT2D eigenvalue weighted by Crippen LogP contribution is -2.48. The van der Waals surface area contributed by atoms with Gasteiger partial charge in [0.1, 0.15) is 5.82 Å². The van der Waals surface area contributed by atoms with Gasteiger partial charge in [0.2, 0.25) is 5.91 Å². The molecule has 3 aromatic rings. The van der Waals surface area contributed by atoms with Gasteiger partial charge in [0.25, 0.3) is 0 Å². The average Bonchev–Trinajstić information content (AvgIpc) is 3.07. The van der Waals surface area contributed by atoms with Gasteiger partial charge in [-0.2, -0.15) is 0 Å². The van der Waals surface area contributed by atoms with E-state index in [-0.39, 0.29) is 11.7 Å². The molecule has 2 aromatic carbocycles. The lowest BCUT2D eigenvalue weighted by Gasteiger charge is -2.33. The second kappa shape index (κ2) is 5.92. The molecule has 0 saturated carbocycles.